The third kappa shape index (κ3) is 3.87. The predicted molar refractivity (Wildman–Crippen MR) is 123 cm³/mol. The number of hydrogen-bond acceptors (Lipinski definition) is 6. The van der Waals surface area contributed by atoms with Gasteiger partial charge in [-0.2, -0.15) is 0 Å². The molecule has 4 rings (SSSR count). The monoisotopic (exact) mass is 449 g/mol. The summed E-state index contributed by atoms with van der Waals surface area (Å²) in [5.74, 6) is -1.02. The van der Waals surface area contributed by atoms with Crippen molar-refractivity contribution in [2.24, 2.45) is 0 Å². The van der Waals surface area contributed by atoms with E-state index in [1.165, 1.54) is 12.0 Å². The van der Waals surface area contributed by atoms with Crippen molar-refractivity contribution >= 4 is 23.1 Å². The summed E-state index contributed by atoms with van der Waals surface area (Å²) in [4.78, 5) is 32.1. The summed E-state index contributed by atoms with van der Waals surface area (Å²) in [6.45, 7) is 6.63. The van der Waals surface area contributed by atoms with Crippen LogP contribution in [0.3, 0.4) is 0 Å². The molecule has 1 aromatic carbocycles. The SMILES string of the molecule is CCOc1ccc(C2/C(=C(\O)c3nc4c(C)cccn4c3C)C(=O)C(=O)N2CCOC)cc1. The number of carbonyl (C=O) groups excluding carboxylic acids is 2. The number of ether oxygens (including phenoxy) is 2. The van der Waals surface area contributed by atoms with Crippen molar-refractivity contribution in [1.29, 1.82) is 0 Å². The van der Waals surface area contributed by atoms with Crippen molar-refractivity contribution < 1.29 is 24.2 Å². The Labute approximate surface area is 192 Å². The van der Waals surface area contributed by atoms with Crippen LogP contribution in [0, 0.1) is 13.8 Å². The lowest BCUT2D eigenvalue weighted by Crippen LogP contribution is -2.32. The lowest BCUT2D eigenvalue weighted by molar-refractivity contribution is -0.140. The number of imidazole rings is 1. The molecular weight excluding hydrogens is 422 g/mol. The number of nitrogens with zero attached hydrogens (tertiary/aromatic N) is 3. The highest BCUT2D eigenvalue weighted by molar-refractivity contribution is 6.46. The van der Waals surface area contributed by atoms with Crippen LogP contribution in [-0.2, 0) is 14.3 Å². The molecule has 0 bridgehead atoms. The number of ketones is 1. The highest BCUT2D eigenvalue weighted by Gasteiger charge is 2.46. The van der Waals surface area contributed by atoms with Crippen LogP contribution in [-0.4, -0.2) is 57.9 Å². The number of carbonyl (C=O) groups is 2. The number of rotatable bonds is 7. The number of aliphatic hydroxyl groups excluding tert-OH is 1. The van der Waals surface area contributed by atoms with Crippen molar-refractivity contribution in [3.8, 4) is 5.75 Å². The molecule has 8 heteroatoms. The van der Waals surface area contributed by atoms with Crippen LogP contribution < -0.4 is 4.74 Å². The Morgan fingerprint density at radius 3 is 2.52 bits per heavy atom. The second-order valence-electron chi connectivity index (χ2n) is 7.92. The Bertz CT molecular complexity index is 1240. The number of amides is 1. The molecule has 1 amide bonds. The number of Topliss-reactive ketones (excluding diaryl/α,β-unsaturated/α-hetero) is 1. The lowest BCUT2D eigenvalue weighted by Gasteiger charge is -2.25. The summed E-state index contributed by atoms with van der Waals surface area (Å²) in [6.07, 6.45) is 1.85. The molecule has 0 radical (unpaired) electrons. The van der Waals surface area contributed by atoms with Gasteiger partial charge in [-0.15, -0.1) is 0 Å². The number of fused-ring (bicyclic) bond motifs is 1. The molecule has 1 saturated heterocycles. The first kappa shape index (κ1) is 22.5. The summed E-state index contributed by atoms with van der Waals surface area (Å²) in [6, 6.07) is 10.2. The molecule has 0 aliphatic carbocycles. The Morgan fingerprint density at radius 2 is 1.88 bits per heavy atom. The highest BCUT2D eigenvalue weighted by Crippen LogP contribution is 2.40. The lowest BCUT2D eigenvalue weighted by atomic mass is 9.96. The zero-order valence-corrected chi connectivity index (χ0v) is 19.2. The summed E-state index contributed by atoms with van der Waals surface area (Å²) >= 11 is 0. The number of aliphatic hydroxyl groups is 1. The van der Waals surface area contributed by atoms with Crippen LogP contribution in [0.25, 0.3) is 11.4 Å². The molecule has 0 spiro atoms. The Hall–Kier alpha value is -3.65. The van der Waals surface area contributed by atoms with Gasteiger partial charge in [-0.25, -0.2) is 4.98 Å². The van der Waals surface area contributed by atoms with E-state index in [2.05, 4.69) is 4.98 Å². The van der Waals surface area contributed by atoms with E-state index < -0.39 is 17.7 Å². The largest absolute Gasteiger partial charge is 0.505 e. The quantitative estimate of drug-likeness (QED) is 0.338. The first-order valence-corrected chi connectivity index (χ1v) is 10.8. The second-order valence-corrected chi connectivity index (χ2v) is 7.92. The number of likely N-dealkylation sites (tertiary alicyclic amines) is 1. The van der Waals surface area contributed by atoms with Crippen LogP contribution in [0.5, 0.6) is 5.75 Å². The average molecular weight is 450 g/mol. The molecule has 3 heterocycles. The number of aryl methyl sites for hydroxylation is 2. The number of methoxy groups -OCH3 is 1. The first-order valence-electron chi connectivity index (χ1n) is 10.8. The molecule has 3 aromatic rings. The third-order valence-electron chi connectivity index (χ3n) is 5.89. The van der Waals surface area contributed by atoms with E-state index in [9.17, 15) is 14.7 Å². The number of aromatic nitrogens is 2. The maximum atomic E-state index is 13.1. The summed E-state index contributed by atoms with van der Waals surface area (Å²) < 4.78 is 12.5. The van der Waals surface area contributed by atoms with Gasteiger partial charge in [0.05, 0.1) is 30.5 Å². The Balaban J connectivity index is 1.89. The topological polar surface area (TPSA) is 93.4 Å². The minimum atomic E-state index is -0.763. The smallest absolute Gasteiger partial charge is 0.295 e. The molecule has 33 heavy (non-hydrogen) atoms. The summed E-state index contributed by atoms with van der Waals surface area (Å²) in [5.41, 5.74) is 3.29. The van der Waals surface area contributed by atoms with Gasteiger partial charge in [-0.05, 0) is 50.1 Å². The summed E-state index contributed by atoms with van der Waals surface area (Å²) in [7, 11) is 1.53. The predicted octanol–water partition coefficient (Wildman–Crippen LogP) is 3.42. The zero-order valence-electron chi connectivity index (χ0n) is 19.2. The van der Waals surface area contributed by atoms with Gasteiger partial charge in [0.1, 0.15) is 17.1 Å². The first-order chi connectivity index (χ1) is 15.9. The van der Waals surface area contributed by atoms with Gasteiger partial charge in [0, 0.05) is 19.9 Å². The van der Waals surface area contributed by atoms with E-state index in [4.69, 9.17) is 9.47 Å². The standard InChI is InChI=1S/C25H27N3O5/c1-5-33-18-10-8-17(9-11-18)21-19(23(30)25(31)28(21)13-14-32-4)22(29)20-16(3)27-12-6-7-15(2)24(27)26-20/h6-12,21,29H,5,13-14H2,1-4H3/b22-19+. The van der Waals surface area contributed by atoms with Gasteiger partial charge in [0.2, 0.25) is 0 Å². The third-order valence-corrected chi connectivity index (χ3v) is 5.89. The van der Waals surface area contributed by atoms with Gasteiger partial charge in [-0.1, -0.05) is 18.2 Å². The molecule has 0 saturated carbocycles. The fraction of sp³-hybridized carbons (Fsp3) is 0.320. The van der Waals surface area contributed by atoms with Crippen molar-refractivity contribution in [3.63, 3.8) is 0 Å². The molecular formula is C25H27N3O5. The average Bonchev–Trinajstić information content (AvgIpc) is 3.28. The minimum absolute atomic E-state index is 0.0180. The Kier molecular flexibility index (Phi) is 6.20. The molecule has 8 nitrogen and oxygen atoms in total. The molecule has 2 aromatic heterocycles. The number of benzene rings is 1. The molecule has 1 N–H and O–H groups in total. The van der Waals surface area contributed by atoms with E-state index in [-0.39, 0.29) is 30.2 Å². The fourth-order valence-corrected chi connectivity index (χ4v) is 4.23. The number of hydrogen-bond donors (Lipinski definition) is 1. The van der Waals surface area contributed by atoms with Gasteiger partial charge in [0.15, 0.2) is 5.76 Å². The molecule has 1 aliphatic heterocycles. The number of pyridine rings is 1. The highest BCUT2D eigenvalue weighted by atomic mass is 16.5. The molecule has 1 atom stereocenters. The van der Waals surface area contributed by atoms with E-state index in [1.807, 2.05) is 43.5 Å². The molecule has 1 unspecified atom stereocenters. The van der Waals surface area contributed by atoms with E-state index in [0.717, 1.165) is 5.56 Å². The van der Waals surface area contributed by atoms with Crippen LogP contribution in [0.1, 0.15) is 35.5 Å². The van der Waals surface area contributed by atoms with Gasteiger partial charge >= 0.3 is 0 Å². The van der Waals surface area contributed by atoms with Crippen molar-refractivity contribution in [2.45, 2.75) is 26.8 Å². The van der Waals surface area contributed by atoms with Crippen molar-refractivity contribution in [2.75, 3.05) is 26.9 Å². The van der Waals surface area contributed by atoms with Crippen molar-refractivity contribution in [3.05, 3.63) is 70.7 Å². The van der Waals surface area contributed by atoms with Gasteiger partial charge in [0.25, 0.3) is 11.7 Å². The maximum Gasteiger partial charge on any atom is 0.295 e. The molecule has 1 aliphatic rings. The Morgan fingerprint density at radius 1 is 1.15 bits per heavy atom. The van der Waals surface area contributed by atoms with Gasteiger partial charge in [-0.3, -0.25) is 9.59 Å². The normalized spacial score (nSPS) is 17.8. The van der Waals surface area contributed by atoms with Crippen LogP contribution in [0.15, 0.2) is 48.2 Å². The van der Waals surface area contributed by atoms with Crippen LogP contribution in [0.2, 0.25) is 0 Å². The van der Waals surface area contributed by atoms with E-state index in [1.54, 1.807) is 24.3 Å². The van der Waals surface area contributed by atoms with Crippen molar-refractivity contribution in [1.82, 2.24) is 14.3 Å². The maximum absolute atomic E-state index is 13.1. The van der Waals surface area contributed by atoms with E-state index in [0.29, 0.717) is 29.3 Å². The van der Waals surface area contributed by atoms with Crippen LogP contribution >= 0.6 is 0 Å². The molecule has 172 valence electrons. The molecule has 1 fully saturated rings. The minimum Gasteiger partial charge on any atom is -0.505 e. The second kappa shape index (κ2) is 9.07. The fourth-order valence-electron chi connectivity index (χ4n) is 4.23. The van der Waals surface area contributed by atoms with Gasteiger partial charge < -0.3 is 23.9 Å². The van der Waals surface area contributed by atoms with E-state index >= 15 is 0 Å². The zero-order chi connectivity index (χ0) is 23.7. The summed E-state index contributed by atoms with van der Waals surface area (Å²) in [5, 5.41) is 11.3. The van der Waals surface area contributed by atoms with Crippen LogP contribution in [0.4, 0.5) is 0 Å².